The fraction of sp³-hybridized carbons (Fsp3) is 0.214. The quantitative estimate of drug-likeness (QED) is 0.791. The highest BCUT2D eigenvalue weighted by atomic mass is 35.5. The van der Waals surface area contributed by atoms with Gasteiger partial charge in [-0.05, 0) is 36.8 Å². The third kappa shape index (κ3) is 2.57. The van der Waals surface area contributed by atoms with E-state index in [1.165, 1.54) is 0 Å². The van der Waals surface area contributed by atoms with Crippen molar-refractivity contribution in [3.8, 4) is 5.75 Å². The Morgan fingerprint density at radius 3 is 2.78 bits per heavy atom. The van der Waals surface area contributed by atoms with Gasteiger partial charge in [-0.2, -0.15) is 0 Å². The first-order chi connectivity index (χ1) is 8.63. The highest BCUT2D eigenvalue weighted by Gasteiger charge is 2.11. The monoisotopic (exact) mass is 264 g/mol. The molecule has 0 N–H and O–H groups in total. The van der Waals surface area contributed by atoms with Crippen molar-refractivity contribution in [1.82, 2.24) is 0 Å². The van der Waals surface area contributed by atoms with Crippen molar-refractivity contribution >= 4 is 17.9 Å². The number of carbonyl (C=O) groups excluding carboxylic acids is 1. The summed E-state index contributed by atoms with van der Waals surface area (Å²) in [7, 11) is 1.62. The van der Waals surface area contributed by atoms with Gasteiger partial charge in [0, 0.05) is 17.0 Å². The van der Waals surface area contributed by atoms with Gasteiger partial charge >= 0.3 is 0 Å². The molecule has 0 bridgehead atoms. The van der Waals surface area contributed by atoms with Crippen LogP contribution in [0.15, 0.2) is 28.7 Å². The van der Waals surface area contributed by atoms with Crippen molar-refractivity contribution in [1.29, 1.82) is 0 Å². The van der Waals surface area contributed by atoms with Crippen molar-refractivity contribution in [3.05, 3.63) is 51.9 Å². The van der Waals surface area contributed by atoms with Gasteiger partial charge < -0.3 is 9.15 Å². The van der Waals surface area contributed by atoms with E-state index < -0.39 is 0 Å². The number of carbonyl (C=O) groups is 1. The lowest BCUT2D eigenvalue weighted by atomic mass is 10.1. The molecule has 0 radical (unpaired) electrons. The van der Waals surface area contributed by atoms with Crippen LogP contribution in [0.1, 0.15) is 27.4 Å². The summed E-state index contributed by atoms with van der Waals surface area (Å²) in [6, 6.07) is 7.12. The Hall–Kier alpha value is -1.74. The van der Waals surface area contributed by atoms with E-state index in [1.54, 1.807) is 19.2 Å². The Morgan fingerprint density at radius 2 is 2.17 bits per heavy atom. The number of methoxy groups -OCH3 is 1. The summed E-state index contributed by atoms with van der Waals surface area (Å²) in [5.74, 6) is 1.82. The Morgan fingerprint density at radius 1 is 1.39 bits per heavy atom. The molecule has 4 heteroatoms. The van der Waals surface area contributed by atoms with E-state index in [0.717, 1.165) is 16.9 Å². The van der Waals surface area contributed by atoms with Crippen molar-refractivity contribution in [2.45, 2.75) is 13.3 Å². The molecule has 1 aromatic carbocycles. The first kappa shape index (κ1) is 12.7. The minimum absolute atomic E-state index is 0.322. The fourth-order valence-corrected chi connectivity index (χ4v) is 2.26. The van der Waals surface area contributed by atoms with E-state index >= 15 is 0 Å². The van der Waals surface area contributed by atoms with Crippen LogP contribution >= 0.6 is 11.6 Å². The number of rotatable bonds is 4. The molecule has 0 fully saturated rings. The number of ether oxygens (including phenoxy) is 1. The molecule has 18 heavy (non-hydrogen) atoms. The maximum absolute atomic E-state index is 10.6. The van der Waals surface area contributed by atoms with Crippen LogP contribution in [0.2, 0.25) is 5.02 Å². The predicted octanol–water partition coefficient (Wildman–Crippen LogP) is 3.65. The predicted molar refractivity (Wildman–Crippen MR) is 69.6 cm³/mol. The number of halogens is 1. The van der Waals surface area contributed by atoms with E-state index in [4.69, 9.17) is 20.8 Å². The SMILES string of the molecule is COc1c(C)cc(Cl)cc1Cc1ccc(C=O)o1. The third-order valence-electron chi connectivity index (χ3n) is 2.68. The van der Waals surface area contributed by atoms with Crippen molar-refractivity contribution < 1.29 is 13.9 Å². The second-order valence-electron chi connectivity index (χ2n) is 4.01. The van der Waals surface area contributed by atoms with Crippen LogP contribution in [0.4, 0.5) is 0 Å². The van der Waals surface area contributed by atoms with Gasteiger partial charge in [0.1, 0.15) is 11.5 Å². The Bertz CT molecular complexity index is 572. The lowest BCUT2D eigenvalue weighted by Gasteiger charge is -2.11. The average molecular weight is 265 g/mol. The van der Waals surface area contributed by atoms with E-state index in [1.807, 2.05) is 19.1 Å². The summed E-state index contributed by atoms with van der Waals surface area (Å²) in [6.07, 6.45) is 1.22. The van der Waals surface area contributed by atoms with Gasteiger partial charge in [-0.15, -0.1) is 0 Å². The summed E-state index contributed by atoms with van der Waals surface area (Å²) in [5, 5.41) is 0.658. The minimum atomic E-state index is 0.322. The number of hydrogen-bond donors (Lipinski definition) is 0. The molecular formula is C14H13ClO3. The summed E-state index contributed by atoms with van der Waals surface area (Å²) in [6.45, 7) is 1.94. The van der Waals surface area contributed by atoms with Crippen LogP contribution < -0.4 is 4.74 Å². The molecule has 1 aromatic heterocycles. The fourth-order valence-electron chi connectivity index (χ4n) is 1.96. The highest BCUT2D eigenvalue weighted by molar-refractivity contribution is 6.30. The molecule has 1 heterocycles. The first-order valence-corrected chi connectivity index (χ1v) is 5.88. The van der Waals surface area contributed by atoms with Crippen LogP contribution in [0.5, 0.6) is 5.75 Å². The Kier molecular flexibility index (Phi) is 3.72. The standard InChI is InChI=1S/C14H13ClO3/c1-9-5-11(15)6-10(14(9)17-2)7-12-3-4-13(8-16)18-12/h3-6,8H,7H2,1-2H3. The van der Waals surface area contributed by atoms with Crippen molar-refractivity contribution in [2.24, 2.45) is 0 Å². The van der Waals surface area contributed by atoms with Crippen LogP contribution in [0.25, 0.3) is 0 Å². The van der Waals surface area contributed by atoms with Crippen molar-refractivity contribution in [3.63, 3.8) is 0 Å². The summed E-state index contributed by atoms with van der Waals surface area (Å²) in [5.41, 5.74) is 1.91. The van der Waals surface area contributed by atoms with Gasteiger partial charge in [0.05, 0.1) is 7.11 Å². The molecule has 94 valence electrons. The zero-order valence-corrected chi connectivity index (χ0v) is 11.0. The number of furan rings is 1. The molecule has 0 aliphatic rings. The molecular weight excluding hydrogens is 252 g/mol. The number of aldehydes is 1. The van der Waals surface area contributed by atoms with E-state index in [2.05, 4.69) is 0 Å². The Balaban J connectivity index is 2.35. The molecule has 0 saturated heterocycles. The molecule has 2 rings (SSSR count). The number of aryl methyl sites for hydroxylation is 1. The molecule has 0 saturated carbocycles. The van der Waals surface area contributed by atoms with Gasteiger partial charge in [0.15, 0.2) is 12.0 Å². The maximum Gasteiger partial charge on any atom is 0.185 e. The zero-order chi connectivity index (χ0) is 13.1. The van der Waals surface area contributed by atoms with Gasteiger partial charge in [0.25, 0.3) is 0 Å². The maximum atomic E-state index is 10.6. The van der Waals surface area contributed by atoms with Gasteiger partial charge in [0.2, 0.25) is 0 Å². The molecule has 0 atom stereocenters. The normalized spacial score (nSPS) is 10.4. The second-order valence-corrected chi connectivity index (χ2v) is 4.45. The van der Waals surface area contributed by atoms with Crippen LogP contribution in [0.3, 0.4) is 0 Å². The topological polar surface area (TPSA) is 39.4 Å². The average Bonchev–Trinajstić information content (AvgIpc) is 2.76. The van der Waals surface area contributed by atoms with Gasteiger partial charge in [-0.25, -0.2) is 0 Å². The summed E-state index contributed by atoms with van der Waals surface area (Å²) in [4.78, 5) is 10.6. The second kappa shape index (κ2) is 5.27. The van der Waals surface area contributed by atoms with Crippen LogP contribution in [-0.2, 0) is 6.42 Å². The van der Waals surface area contributed by atoms with Gasteiger partial charge in [-0.3, -0.25) is 4.79 Å². The van der Waals surface area contributed by atoms with E-state index in [0.29, 0.717) is 29.3 Å². The molecule has 0 amide bonds. The lowest BCUT2D eigenvalue weighted by molar-refractivity contribution is 0.109. The lowest BCUT2D eigenvalue weighted by Crippen LogP contribution is -1.96. The third-order valence-corrected chi connectivity index (χ3v) is 2.90. The molecule has 0 unspecified atom stereocenters. The first-order valence-electron chi connectivity index (χ1n) is 5.51. The highest BCUT2D eigenvalue weighted by Crippen LogP contribution is 2.29. The van der Waals surface area contributed by atoms with Crippen LogP contribution in [-0.4, -0.2) is 13.4 Å². The van der Waals surface area contributed by atoms with E-state index in [9.17, 15) is 4.79 Å². The molecule has 0 aliphatic carbocycles. The minimum Gasteiger partial charge on any atom is -0.496 e. The molecule has 3 nitrogen and oxygen atoms in total. The number of hydrogen-bond acceptors (Lipinski definition) is 3. The number of benzene rings is 1. The summed E-state index contributed by atoms with van der Waals surface area (Å²) < 4.78 is 10.7. The van der Waals surface area contributed by atoms with Crippen molar-refractivity contribution in [2.75, 3.05) is 7.11 Å². The molecule has 0 aliphatic heterocycles. The summed E-state index contributed by atoms with van der Waals surface area (Å²) >= 11 is 6.04. The largest absolute Gasteiger partial charge is 0.496 e. The smallest absolute Gasteiger partial charge is 0.185 e. The zero-order valence-electron chi connectivity index (χ0n) is 10.2. The van der Waals surface area contributed by atoms with Crippen LogP contribution in [0, 0.1) is 6.92 Å². The van der Waals surface area contributed by atoms with Gasteiger partial charge in [-0.1, -0.05) is 11.6 Å². The molecule has 2 aromatic rings. The Labute approximate surface area is 110 Å². The van der Waals surface area contributed by atoms with E-state index in [-0.39, 0.29) is 0 Å². The molecule has 0 spiro atoms.